The van der Waals surface area contributed by atoms with Crippen LogP contribution in [0.2, 0.25) is 5.28 Å². The van der Waals surface area contributed by atoms with Gasteiger partial charge in [-0.2, -0.15) is 0 Å². The van der Waals surface area contributed by atoms with Gasteiger partial charge in [-0.25, -0.2) is 9.97 Å². The maximum atomic E-state index is 5.77. The van der Waals surface area contributed by atoms with Gasteiger partial charge in [0.2, 0.25) is 5.28 Å². The highest BCUT2D eigenvalue weighted by molar-refractivity contribution is 9.10. The van der Waals surface area contributed by atoms with E-state index in [0.717, 1.165) is 21.5 Å². The Morgan fingerprint density at radius 2 is 2.00 bits per heavy atom. The fourth-order valence-electron chi connectivity index (χ4n) is 1.49. The van der Waals surface area contributed by atoms with E-state index in [9.17, 15) is 0 Å². The molecule has 0 aliphatic carbocycles. The quantitative estimate of drug-likeness (QED) is 0.842. The molecule has 0 bridgehead atoms. The smallest absolute Gasteiger partial charge is 0.224 e. The Morgan fingerprint density at radius 3 is 2.71 bits per heavy atom. The third kappa shape index (κ3) is 3.17. The van der Waals surface area contributed by atoms with Crippen molar-refractivity contribution in [3.05, 3.63) is 45.3 Å². The van der Waals surface area contributed by atoms with Crippen LogP contribution in [0.5, 0.6) is 0 Å². The van der Waals surface area contributed by atoms with Crippen molar-refractivity contribution in [3.8, 4) is 0 Å². The van der Waals surface area contributed by atoms with Crippen molar-refractivity contribution >= 4 is 39.0 Å². The normalized spacial score (nSPS) is 10.4. The third-order valence-electron chi connectivity index (χ3n) is 2.25. The number of hydrogen-bond acceptors (Lipinski definition) is 3. The maximum absolute atomic E-state index is 5.77. The number of anilines is 2. The molecule has 17 heavy (non-hydrogen) atoms. The number of benzene rings is 1. The lowest BCUT2D eigenvalue weighted by molar-refractivity contribution is 1.13. The molecule has 0 amide bonds. The van der Waals surface area contributed by atoms with Gasteiger partial charge in [0.05, 0.1) is 0 Å². The molecular formula is C12H11BrClN3. The van der Waals surface area contributed by atoms with Crippen LogP contribution in [0.15, 0.2) is 28.9 Å². The van der Waals surface area contributed by atoms with Crippen molar-refractivity contribution in [3.63, 3.8) is 0 Å². The molecule has 3 nitrogen and oxygen atoms in total. The average Bonchev–Trinajstić information content (AvgIpc) is 2.22. The summed E-state index contributed by atoms with van der Waals surface area (Å²) in [7, 11) is 0. The second-order valence-corrected chi connectivity index (χ2v) is 5.07. The standard InChI is InChI=1S/C12H11BrClN3/c1-7-3-9(13)5-10(4-7)16-11-8(2)6-15-12(14)17-11/h3-6H,1-2H3,(H,15,16,17). The molecule has 5 heteroatoms. The van der Waals surface area contributed by atoms with Crippen molar-refractivity contribution in [1.82, 2.24) is 9.97 Å². The largest absolute Gasteiger partial charge is 0.340 e. The molecule has 0 atom stereocenters. The van der Waals surface area contributed by atoms with Gasteiger partial charge in [0.1, 0.15) is 5.82 Å². The van der Waals surface area contributed by atoms with E-state index in [0.29, 0.717) is 0 Å². The van der Waals surface area contributed by atoms with Crippen LogP contribution in [0.25, 0.3) is 0 Å². The third-order valence-corrected chi connectivity index (χ3v) is 2.89. The highest BCUT2D eigenvalue weighted by Gasteiger charge is 2.04. The van der Waals surface area contributed by atoms with Gasteiger partial charge >= 0.3 is 0 Å². The first kappa shape index (κ1) is 12.3. The van der Waals surface area contributed by atoms with Crippen LogP contribution in [-0.2, 0) is 0 Å². The van der Waals surface area contributed by atoms with Gasteiger partial charge < -0.3 is 5.32 Å². The van der Waals surface area contributed by atoms with Crippen molar-refractivity contribution in [2.45, 2.75) is 13.8 Å². The van der Waals surface area contributed by atoms with Crippen molar-refractivity contribution in [2.24, 2.45) is 0 Å². The zero-order valence-electron chi connectivity index (χ0n) is 9.46. The molecule has 1 aromatic heterocycles. The number of hydrogen-bond donors (Lipinski definition) is 1. The van der Waals surface area contributed by atoms with E-state index in [1.54, 1.807) is 6.20 Å². The van der Waals surface area contributed by atoms with E-state index < -0.39 is 0 Å². The summed E-state index contributed by atoms with van der Waals surface area (Å²) < 4.78 is 1.03. The molecule has 0 saturated heterocycles. The van der Waals surface area contributed by atoms with Crippen LogP contribution in [0.1, 0.15) is 11.1 Å². The molecule has 1 N–H and O–H groups in total. The number of aromatic nitrogens is 2. The Morgan fingerprint density at radius 1 is 1.24 bits per heavy atom. The molecule has 0 aliphatic heterocycles. The van der Waals surface area contributed by atoms with E-state index >= 15 is 0 Å². The minimum absolute atomic E-state index is 0.241. The molecular weight excluding hydrogens is 302 g/mol. The van der Waals surface area contributed by atoms with Crippen molar-refractivity contribution in [2.75, 3.05) is 5.32 Å². The summed E-state index contributed by atoms with van der Waals surface area (Å²) in [6.07, 6.45) is 1.70. The van der Waals surface area contributed by atoms with E-state index in [2.05, 4.69) is 31.2 Å². The molecule has 0 saturated carbocycles. The second-order valence-electron chi connectivity index (χ2n) is 3.81. The first-order chi connectivity index (χ1) is 8.04. The van der Waals surface area contributed by atoms with Crippen LogP contribution in [0, 0.1) is 13.8 Å². The summed E-state index contributed by atoms with van der Waals surface area (Å²) in [6.45, 7) is 3.97. The highest BCUT2D eigenvalue weighted by Crippen LogP contribution is 2.23. The summed E-state index contributed by atoms with van der Waals surface area (Å²) >= 11 is 9.23. The zero-order valence-corrected chi connectivity index (χ0v) is 11.8. The van der Waals surface area contributed by atoms with Gasteiger partial charge in [0, 0.05) is 21.9 Å². The Bertz CT molecular complexity index is 537. The predicted octanol–water partition coefficient (Wildman–Crippen LogP) is 4.25. The monoisotopic (exact) mass is 311 g/mol. The lowest BCUT2D eigenvalue weighted by Crippen LogP contribution is -1.98. The summed E-state index contributed by atoms with van der Waals surface area (Å²) in [5.41, 5.74) is 3.08. The first-order valence-electron chi connectivity index (χ1n) is 5.08. The molecule has 1 aromatic carbocycles. The molecule has 0 fully saturated rings. The van der Waals surface area contributed by atoms with E-state index in [1.165, 1.54) is 5.56 Å². The number of halogens is 2. The minimum Gasteiger partial charge on any atom is -0.340 e. The van der Waals surface area contributed by atoms with E-state index in [-0.39, 0.29) is 5.28 Å². The molecule has 0 unspecified atom stereocenters. The van der Waals surface area contributed by atoms with Crippen LogP contribution >= 0.6 is 27.5 Å². The van der Waals surface area contributed by atoms with Crippen molar-refractivity contribution < 1.29 is 0 Å². The second kappa shape index (κ2) is 5.02. The number of rotatable bonds is 2. The molecule has 1 heterocycles. The number of nitrogens with one attached hydrogen (secondary N) is 1. The minimum atomic E-state index is 0.241. The van der Waals surface area contributed by atoms with E-state index in [4.69, 9.17) is 11.6 Å². The molecule has 2 aromatic rings. The van der Waals surface area contributed by atoms with Crippen LogP contribution < -0.4 is 5.32 Å². The maximum Gasteiger partial charge on any atom is 0.224 e. The van der Waals surface area contributed by atoms with Gasteiger partial charge in [0.15, 0.2) is 0 Å². The first-order valence-corrected chi connectivity index (χ1v) is 6.25. The lowest BCUT2D eigenvalue weighted by Gasteiger charge is -2.09. The summed E-state index contributed by atoms with van der Waals surface area (Å²) in [5, 5.41) is 3.47. The average molecular weight is 313 g/mol. The Hall–Kier alpha value is -1.13. The summed E-state index contributed by atoms with van der Waals surface area (Å²) in [5.74, 6) is 0.725. The predicted molar refractivity (Wildman–Crippen MR) is 73.9 cm³/mol. The zero-order chi connectivity index (χ0) is 12.4. The van der Waals surface area contributed by atoms with Gasteiger partial charge in [-0.05, 0) is 49.2 Å². The van der Waals surface area contributed by atoms with Crippen LogP contribution in [0.3, 0.4) is 0 Å². The summed E-state index contributed by atoms with van der Waals surface area (Å²) in [4.78, 5) is 8.08. The fraction of sp³-hybridized carbons (Fsp3) is 0.167. The van der Waals surface area contributed by atoms with Gasteiger partial charge in [0.25, 0.3) is 0 Å². The molecule has 0 radical (unpaired) electrons. The van der Waals surface area contributed by atoms with E-state index in [1.807, 2.05) is 32.0 Å². The van der Waals surface area contributed by atoms with Crippen LogP contribution in [0.4, 0.5) is 11.5 Å². The highest BCUT2D eigenvalue weighted by atomic mass is 79.9. The molecule has 0 aliphatic rings. The van der Waals surface area contributed by atoms with Gasteiger partial charge in [-0.15, -0.1) is 0 Å². The number of nitrogens with zero attached hydrogens (tertiary/aromatic N) is 2. The van der Waals surface area contributed by atoms with Gasteiger partial charge in [-0.3, -0.25) is 0 Å². The molecule has 2 rings (SSSR count). The van der Waals surface area contributed by atoms with Gasteiger partial charge in [-0.1, -0.05) is 15.9 Å². The molecule has 88 valence electrons. The van der Waals surface area contributed by atoms with Crippen LogP contribution in [-0.4, -0.2) is 9.97 Å². The Labute approximate surface area is 113 Å². The Balaban J connectivity index is 2.34. The topological polar surface area (TPSA) is 37.8 Å². The fourth-order valence-corrected chi connectivity index (χ4v) is 2.23. The number of aryl methyl sites for hydroxylation is 2. The lowest BCUT2D eigenvalue weighted by atomic mass is 10.2. The Kier molecular flexibility index (Phi) is 3.64. The summed E-state index contributed by atoms with van der Waals surface area (Å²) in [6, 6.07) is 6.08. The molecule has 0 spiro atoms. The SMILES string of the molecule is Cc1cc(Br)cc(Nc2nc(Cl)ncc2C)c1. The van der Waals surface area contributed by atoms with Crippen molar-refractivity contribution in [1.29, 1.82) is 0 Å².